The summed E-state index contributed by atoms with van der Waals surface area (Å²) in [5.74, 6) is -1.37. The quantitative estimate of drug-likeness (QED) is 0.437. The second-order valence-electron chi connectivity index (χ2n) is 9.68. The molecule has 3 N–H and O–H groups in total. The zero-order valence-corrected chi connectivity index (χ0v) is 22.2. The van der Waals surface area contributed by atoms with Crippen LogP contribution in [0, 0.1) is 0 Å². The summed E-state index contributed by atoms with van der Waals surface area (Å²) in [5.41, 5.74) is 0.951. The molecule has 14 heteroatoms. The number of piperazine rings is 1. The van der Waals surface area contributed by atoms with Crippen molar-refractivity contribution in [2.24, 2.45) is 0 Å². The lowest BCUT2D eigenvalue weighted by molar-refractivity contribution is -0.144. The highest BCUT2D eigenvalue weighted by Crippen LogP contribution is 2.35. The number of carbonyl (C=O) groups excluding carboxylic acids is 2. The van der Waals surface area contributed by atoms with E-state index in [1.165, 1.54) is 25.2 Å². The first-order valence-corrected chi connectivity index (χ1v) is 13.0. The van der Waals surface area contributed by atoms with E-state index >= 15 is 0 Å². The number of nitrogens with zero attached hydrogens (tertiary/aromatic N) is 5. The van der Waals surface area contributed by atoms with Gasteiger partial charge >= 0.3 is 12.2 Å². The lowest BCUT2D eigenvalue weighted by atomic mass is 10.1. The highest BCUT2D eigenvalue weighted by Gasteiger charge is 2.40. The predicted octanol–water partition coefficient (Wildman–Crippen LogP) is 3.06. The molecule has 5 rings (SSSR count). The third-order valence-corrected chi connectivity index (χ3v) is 7.39. The molecule has 0 aliphatic carbocycles. The summed E-state index contributed by atoms with van der Waals surface area (Å²) in [4.78, 5) is 37.6. The van der Waals surface area contributed by atoms with Crippen LogP contribution >= 0.6 is 11.6 Å². The van der Waals surface area contributed by atoms with Gasteiger partial charge in [0.05, 0.1) is 17.7 Å². The predicted molar refractivity (Wildman–Crippen MR) is 144 cm³/mol. The largest absolute Gasteiger partial charge is 0.451 e. The summed E-state index contributed by atoms with van der Waals surface area (Å²) in [6, 6.07) is 10.2. The first-order chi connectivity index (χ1) is 19.0. The summed E-state index contributed by atoms with van der Waals surface area (Å²) < 4.78 is 41.0. The van der Waals surface area contributed by atoms with E-state index in [1.54, 1.807) is 34.1 Å². The van der Waals surface area contributed by atoms with E-state index < -0.39 is 24.1 Å². The third kappa shape index (κ3) is 5.76. The number of rotatable bonds is 4. The maximum atomic E-state index is 13.7. The Balaban J connectivity index is 1.35. The minimum atomic E-state index is -4.77. The van der Waals surface area contributed by atoms with Gasteiger partial charge in [-0.2, -0.15) is 13.2 Å². The molecular weight excluding hydrogens is 551 g/mol. The number of halogens is 4. The van der Waals surface area contributed by atoms with Crippen molar-refractivity contribution in [1.82, 2.24) is 25.1 Å². The fourth-order valence-corrected chi connectivity index (χ4v) is 5.21. The van der Waals surface area contributed by atoms with Crippen molar-refractivity contribution >= 4 is 45.9 Å². The van der Waals surface area contributed by atoms with Crippen LogP contribution in [0.25, 0.3) is 10.9 Å². The Morgan fingerprint density at radius 3 is 2.38 bits per heavy atom. The van der Waals surface area contributed by atoms with Crippen molar-refractivity contribution in [2.75, 3.05) is 56.5 Å². The highest BCUT2D eigenvalue weighted by molar-refractivity contribution is 6.30. The number of fused-ring (bicyclic) bond motifs is 1. The van der Waals surface area contributed by atoms with Crippen LogP contribution in [0.4, 0.5) is 29.5 Å². The van der Waals surface area contributed by atoms with Crippen LogP contribution < -0.4 is 15.5 Å². The van der Waals surface area contributed by atoms with E-state index in [0.29, 0.717) is 47.8 Å². The number of amides is 3. The van der Waals surface area contributed by atoms with Crippen molar-refractivity contribution in [3.05, 3.63) is 58.9 Å². The smallest absolute Gasteiger partial charge is 0.390 e. The molecule has 2 saturated heterocycles. The molecule has 10 nitrogen and oxygen atoms in total. The Hall–Kier alpha value is -3.68. The fourth-order valence-electron chi connectivity index (χ4n) is 5.08. The summed E-state index contributed by atoms with van der Waals surface area (Å²) in [6.07, 6.45) is -5.63. The van der Waals surface area contributed by atoms with Crippen LogP contribution in [0.15, 0.2) is 42.5 Å². The molecule has 3 heterocycles. The maximum Gasteiger partial charge on any atom is 0.451 e. The highest BCUT2D eigenvalue weighted by atomic mass is 35.5. The zero-order valence-electron chi connectivity index (χ0n) is 21.5. The van der Waals surface area contributed by atoms with E-state index in [4.69, 9.17) is 11.6 Å². The molecule has 3 amide bonds. The van der Waals surface area contributed by atoms with Gasteiger partial charge in [-0.25, -0.2) is 14.8 Å². The Morgan fingerprint density at radius 2 is 1.73 bits per heavy atom. The normalized spacial score (nSPS) is 20.1. The summed E-state index contributed by atoms with van der Waals surface area (Å²) in [7, 11) is 1.44. The van der Waals surface area contributed by atoms with Crippen molar-refractivity contribution in [3.63, 3.8) is 0 Å². The minimum Gasteiger partial charge on any atom is -0.390 e. The summed E-state index contributed by atoms with van der Waals surface area (Å²) >= 11 is 5.92. The number of nitrogens with one attached hydrogen (secondary N) is 2. The van der Waals surface area contributed by atoms with Gasteiger partial charge in [0.1, 0.15) is 5.82 Å². The Morgan fingerprint density at radius 1 is 1.02 bits per heavy atom. The standard InChI is InChI=1S/C26H27ClF3N7O3/c1-31-25(40)32-17-6-7-19-18(12-17)22(34-24(33-19)26(28,29)30)37-13-20(21(38)14-37)35-8-10-36(11-9-35)23(39)15-2-4-16(27)5-3-15/h2-7,12,20-21,38H,8-11,13-14H2,1H3,(H2,31,32,40)/t20-,21-/m0/s1. The van der Waals surface area contributed by atoms with Crippen molar-refractivity contribution in [2.45, 2.75) is 18.3 Å². The van der Waals surface area contributed by atoms with Gasteiger partial charge in [-0.3, -0.25) is 9.69 Å². The molecular formula is C26H27ClF3N7O3. The molecule has 212 valence electrons. The van der Waals surface area contributed by atoms with E-state index in [0.717, 1.165) is 0 Å². The first-order valence-electron chi connectivity index (χ1n) is 12.6. The Labute approximate surface area is 232 Å². The SMILES string of the molecule is CNC(=O)Nc1ccc2nc(C(F)(F)F)nc(N3C[C@H](O)[C@@H](N4CCN(C(=O)c5ccc(Cl)cc5)CC4)C3)c2c1. The molecule has 2 aliphatic heterocycles. The second kappa shape index (κ2) is 11.1. The van der Waals surface area contributed by atoms with Gasteiger partial charge in [0.25, 0.3) is 5.91 Å². The van der Waals surface area contributed by atoms with Gasteiger partial charge in [0.2, 0.25) is 5.82 Å². The zero-order chi connectivity index (χ0) is 28.6. The van der Waals surface area contributed by atoms with Crippen molar-refractivity contribution < 1.29 is 27.9 Å². The molecule has 0 unspecified atom stereocenters. The van der Waals surface area contributed by atoms with Crippen LogP contribution in [0.1, 0.15) is 16.2 Å². The summed E-state index contributed by atoms with van der Waals surface area (Å²) in [5, 5.41) is 16.8. The lowest BCUT2D eigenvalue weighted by Gasteiger charge is -2.38. The fraction of sp³-hybridized carbons (Fsp3) is 0.385. The molecule has 2 aromatic carbocycles. The van der Waals surface area contributed by atoms with Crippen LogP contribution in [-0.4, -0.2) is 95.3 Å². The molecule has 2 atom stereocenters. The Bertz CT molecular complexity index is 1420. The van der Waals surface area contributed by atoms with E-state index in [9.17, 15) is 27.9 Å². The van der Waals surface area contributed by atoms with Crippen LogP contribution in [0.2, 0.25) is 5.02 Å². The average Bonchev–Trinajstić information content (AvgIpc) is 3.33. The van der Waals surface area contributed by atoms with Gasteiger partial charge in [0.15, 0.2) is 0 Å². The number of benzene rings is 2. The van der Waals surface area contributed by atoms with Gasteiger partial charge in [-0.15, -0.1) is 0 Å². The van der Waals surface area contributed by atoms with Crippen LogP contribution in [0.3, 0.4) is 0 Å². The van der Waals surface area contributed by atoms with E-state index in [2.05, 4.69) is 20.6 Å². The monoisotopic (exact) mass is 577 g/mol. The number of aliphatic hydroxyl groups is 1. The second-order valence-corrected chi connectivity index (χ2v) is 10.1. The molecule has 2 aliphatic rings. The first kappa shape index (κ1) is 27.9. The van der Waals surface area contributed by atoms with E-state index in [-0.39, 0.29) is 36.4 Å². The number of aromatic nitrogens is 2. The number of hydrogen-bond donors (Lipinski definition) is 3. The van der Waals surface area contributed by atoms with Crippen LogP contribution in [-0.2, 0) is 6.18 Å². The Kier molecular flexibility index (Phi) is 7.71. The number of β-amino-alcohol motifs (C(OH)–C–C–N with tert-alkyl or cyclic N) is 1. The lowest BCUT2D eigenvalue weighted by Crippen LogP contribution is -2.54. The van der Waals surface area contributed by atoms with Crippen molar-refractivity contribution in [3.8, 4) is 0 Å². The maximum absolute atomic E-state index is 13.7. The number of carbonyl (C=O) groups is 2. The molecule has 0 radical (unpaired) electrons. The minimum absolute atomic E-state index is 0.0241. The van der Waals surface area contributed by atoms with Gasteiger partial charge in [0, 0.05) is 68.0 Å². The summed E-state index contributed by atoms with van der Waals surface area (Å²) in [6.45, 7) is 2.15. The number of hydrogen-bond acceptors (Lipinski definition) is 7. The number of aliphatic hydroxyl groups excluding tert-OH is 1. The van der Waals surface area contributed by atoms with E-state index in [1.807, 2.05) is 4.90 Å². The topological polar surface area (TPSA) is 114 Å². The number of urea groups is 1. The molecule has 1 aromatic heterocycles. The molecule has 2 fully saturated rings. The molecule has 40 heavy (non-hydrogen) atoms. The van der Waals surface area contributed by atoms with Gasteiger partial charge < -0.3 is 25.5 Å². The molecule has 3 aromatic rings. The van der Waals surface area contributed by atoms with Gasteiger partial charge in [-0.1, -0.05) is 11.6 Å². The molecule has 0 saturated carbocycles. The average molecular weight is 578 g/mol. The number of alkyl halides is 3. The van der Waals surface area contributed by atoms with Crippen LogP contribution in [0.5, 0.6) is 0 Å². The van der Waals surface area contributed by atoms with Gasteiger partial charge in [-0.05, 0) is 42.5 Å². The third-order valence-electron chi connectivity index (χ3n) is 7.13. The molecule has 0 spiro atoms. The number of anilines is 2. The van der Waals surface area contributed by atoms with Crippen molar-refractivity contribution in [1.29, 1.82) is 0 Å². The molecule has 0 bridgehead atoms.